The van der Waals surface area contributed by atoms with Crippen molar-refractivity contribution in [1.82, 2.24) is 10.2 Å². The molecule has 0 aromatic heterocycles. The Hall–Kier alpha value is -2.42. The van der Waals surface area contributed by atoms with Crippen molar-refractivity contribution in [2.75, 3.05) is 32.4 Å². The van der Waals surface area contributed by atoms with E-state index in [1.54, 1.807) is 47.6 Å². The summed E-state index contributed by atoms with van der Waals surface area (Å²) in [5.74, 6) is -0.597. The molecule has 1 aliphatic rings. The number of nitrogens with zero attached hydrogens (tertiary/aromatic N) is 2. The summed E-state index contributed by atoms with van der Waals surface area (Å²) >= 11 is 1.25. The van der Waals surface area contributed by atoms with Gasteiger partial charge in [0.05, 0.1) is 15.4 Å². The summed E-state index contributed by atoms with van der Waals surface area (Å²) in [5, 5.41) is 14.5. The lowest BCUT2D eigenvalue weighted by Crippen LogP contribution is -2.46. The summed E-state index contributed by atoms with van der Waals surface area (Å²) < 4.78 is 0. The van der Waals surface area contributed by atoms with E-state index in [2.05, 4.69) is 5.32 Å². The molecular formula is C19H20ClN3O4S. The third kappa shape index (κ3) is 4.52. The Labute approximate surface area is 173 Å². The minimum Gasteiger partial charge on any atom is -0.336 e. The van der Waals surface area contributed by atoms with Crippen LogP contribution in [0.4, 0.5) is 5.69 Å². The second-order valence-corrected chi connectivity index (χ2v) is 6.91. The molecule has 3 rings (SSSR count). The van der Waals surface area contributed by atoms with E-state index in [-0.39, 0.29) is 35.1 Å². The van der Waals surface area contributed by atoms with Gasteiger partial charge in [-0.05, 0) is 24.5 Å². The lowest BCUT2D eigenvalue weighted by atomic mass is 9.97. The van der Waals surface area contributed by atoms with Gasteiger partial charge in [0.15, 0.2) is 5.78 Å². The van der Waals surface area contributed by atoms with E-state index in [4.69, 9.17) is 0 Å². The van der Waals surface area contributed by atoms with Crippen LogP contribution in [0.5, 0.6) is 0 Å². The Kier molecular flexibility index (Phi) is 7.56. The molecule has 7 nitrogen and oxygen atoms in total. The number of nitro benzene ring substituents is 1. The van der Waals surface area contributed by atoms with Crippen LogP contribution in [0.1, 0.15) is 26.3 Å². The average molecular weight is 422 g/mol. The number of ketones is 1. The molecular weight excluding hydrogens is 402 g/mol. The van der Waals surface area contributed by atoms with Gasteiger partial charge in [-0.15, -0.1) is 24.2 Å². The number of piperazine rings is 1. The number of rotatable bonds is 5. The van der Waals surface area contributed by atoms with Gasteiger partial charge in [-0.3, -0.25) is 19.7 Å². The van der Waals surface area contributed by atoms with Crippen molar-refractivity contribution in [2.24, 2.45) is 0 Å². The van der Waals surface area contributed by atoms with E-state index in [9.17, 15) is 19.7 Å². The second kappa shape index (κ2) is 9.68. The summed E-state index contributed by atoms with van der Waals surface area (Å²) in [6.07, 6.45) is 1.74. The summed E-state index contributed by atoms with van der Waals surface area (Å²) in [6, 6.07) is 11.0. The molecule has 28 heavy (non-hydrogen) atoms. The minimum atomic E-state index is -0.500. The van der Waals surface area contributed by atoms with E-state index < -0.39 is 10.7 Å². The molecule has 1 fully saturated rings. The maximum Gasteiger partial charge on any atom is 0.283 e. The maximum atomic E-state index is 13.0. The molecule has 0 radical (unpaired) electrons. The molecule has 1 heterocycles. The number of nitro groups is 1. The quantitative estimate of drug-likeness (QED) is 0.345. The number of thioether (sulfide) groups is 1. The summed E-state index contributed by atoms with van der Waals surface area (Å²) in [5.41, 5.74) is 0.660. The van der Waals surface area contributed by atoms with Crippen molar-refractivity contribution in [1.29, 1.82) is 0 Å². The number of benzene rings is 2. The first-order valence-corrected chi connectivity index (χ1v) is 9.71. The largest absolute Gasteiger partial charge is 0.336 e. The Bertz CT molecular complexity index is 900. The summed E-state index contributed by atoms with van der Waals surface area (Å²) in [4.78, 5) is 38.9. The van der Waals surface area contributed by atoms with Crippen molar-refractivity contribution >= 4 is 41.5 Å². The van der Waals surface area contributed by atoms with Gasteiger partial charge in [0, 0.05) is 43.4 Å². The fraction of sp³-hybridized carbons (Fsp3) is 0.263. The molecule has 0 saturated carbocycles. The van der Waals surface area contributed by atoms with Crippen LogP contribution in [0.2, 0.25) is 0 Å². The standard InChI is InChI=1S/C19H19N3O4S.ClH/c1-27-17-7-6-13(12-16(17)22(25)26)18(23)14-4-2-3-5-15(14)19(24)21-10-8-20-9-11-21;/h2-7,12,20H,8-11H2,1H3;1H. The Morgan fingerprint density at radius 1 is 1.11 bits per heavy atom. The zero-order valence-corrected chi connectivity index (χ0v) is 16.8. The molecule has 0 spiro atoms. The molecule has 9 heteroatoms. The summed E-state index contributed by atoms with van der Waals surface area (Å²) in [7, 11) is 0. The molecule has 1 amide bonds. The first kappa shape index (κ1) is 21.9. The van der Waals surface area contributed by atoms with Crippen LogP contribution >= 0.6 is 24.2 Å². The van der Waals surface area contributed by atoms with Gasteiger partial charge in [-0.2, -0.15) is 0 Å². The van der Waals surface area contributed by atoms with Crippen LogP contribution in [0.15, 0.2) is 47.4 Å². The fourth-order valence-corrected chi connectivity index (χ4v) is 3.58. The van der Waals surface area contributed by atoms with Crippen LogP contribution in [0, 0.1) is 10.1 Å². The highest BCUT2D eigenvalue weighted by Gasteiger charge is 2.25. The van der Waals surface area contributed by atoms with Crippen molar-refractivity contribution in [3.8, 4) is 0 Å². The van der Waals surface area contributed by atoms with Crippen molar-refractivity contribution < 1.29 is 14.5 Å². The molecule has 0 unspecified atom stereocenters. The summed E-state index contributed by atoms with van der Waals surface area (Å²) in [6.45, 7) is 2.58. The highest BCUT2D eigenvalue weighted by atomic mass is 35.5. The lowest BCUT2D eigenvalue weighted by molar-refractivity contribution is -0.387. The number of carbonyl (C=O) groups excluding carboxylic acids is 2. The molecule has 1 aliphatic heterocycles. The third-order valence-corrected chi connectivity index (χ3v) is 5.23. The fourth-order valence-electron chi connectivity index (χ4n) is 3.04. The van der Waals surface area contributed by atoms with Crippen LogP contribution < -0.4 is 5.32 Å². The van der Waals surface area contributed by atoms with Gasteiger partial charge < -0.3 is 10.2 Å². The Balaban J connectivity index is 0.00000280. The number of carbonyl (C=O) groups is 2. The second-order valence-electron chi connectivity index (χ2n) is 6.06. The Morgan fingerprint density at radius 2 is 1.75 bits per heavy atom. The number of amides is 1. The average Bonchev–Trinajstić information content (AvgIpc) is 2.72. The smallest absolute Gasteiger partial charge is 0.283 e. The van der Waals surface area contributed by atoms with E-state index >= 15 is 0 Å². The van der Waals surface area contributed by atoms with Crippen molar-refractivity contribution in [3.63, 3.8) is 0 Å². The zero-order chi connectivity index (χ0) is 19.4. The molecule has 2 aromatic carbocycles. The van der Waals surface area contributed by atoms with Crippen molar-refractivity contribution in [3.05, 3.63) is 69.3 Å². The van der Waals surface area contributed by atoms with E-state index in [0.29, 0.717) is 36.6 Å². The monoisotopic (exact) mass is 421 g/mol. The normalized spacial score (nSPS) is 13.5. The topological polar surface area (TPSA) is 92.6 Å². The van der Waals surface area contributed by atoms with E-state index in [0.717, 1.165) is 0 Å². The number of halogens is 1. The van der Waals surface area contributed by atoms with E-state index in [1.165, 1.54) is 17.8 Å². The molecule has 0 aliphatic carbocycles. The van der Waals surface area contributed by atoms with Gasteiger partial charge in [0.2, 0.25) is 0 Å². The number of hydrogen-bond donors (Lipinski definition) is 1. The lowest BCUT2D eigenvalue weighted by Gasteiger charge is -2.28. The van der Waals surface area contributed by atoms with Crippen LogP contribution in [0.3, 0.4) is 0 Å². The predicted molar refractivity (Wildman–Crippen MR) is 111 cm³/mol. The predicted octanol–water partition coefficient (Wildman–Crippen LogP) is 3.01. The first-order chi connectivity index (χ1) is 13.0. The molecule has 2 aromatic rings. The highest BCUT2D eigenvalue weighted by Crippen LogP contribution is 2.29. The van der Waals surface area contributed by atoms with Gasteiger partial charge in [0.25, 0.3) is 11.6 Å². The first-order valence-electron chi connectivity index (χ1n) is 8.49. The van der Waals surface area contributed by atoms with Gasteiger partial charge in [0.1, 0.15) is 0 Å². The van der Waals surface area contributed by atoms with E-state index in [1.807, 2.05) is 0 Å². The zero-order valence-electron chi connectivity index (χ0n) is 15.2. The molecule has 0 bridgehead atoms. The molecule has 1 saturated heterocycles. The minimum absolute atomic E-state index is 0. The van der Waals surface area contributed by atoms with Crippen LogP contribution in [0.25, 0.3) is 0 Å². The number of hydrogen-bond acceptors (Lipinski definition) is 6. The van der Waals surface area contributed by atoms with Gasteiger partial charge in [-0.1, -0.05) is 18.2 Å². The van der Waals surface area contributed by atoms with Gasteiger partial charge in [-0.25, -0.2) is 0 Å². The molecule has 1 N–H and O–H groups in total. The number of nitrogens with one attached hydrogen (secondary N) is 1. The Morgan fingerprint density at radius 3 is 2.36 bits per heavy atom. The van der Waals surface area contributed by atoms with Crippen LogP contribution in [-0.2, 0) is 0 Å². The third-order valence-electron chi connectivity index (χ3n) is 4.44. The van der Waals surface area contributed by atoms with Crippen molar-refractivity contribution in [2.45, 2.75) is 4.90 Å². The van der Waals surface area contributed by atoms with Gasteiger partial charge >= 0.3 is 0 Å². The SMILES string of the molecule is CSc1ccc(C(=O)c2ccccc2C(=O)N2CCNCC2)cc1[N+](=O)[O-].Cl. The highest BCUT2D eigenvalue weighted by molar-refractivity contribution is 7.98. The molecule has 0 atom stereocenters. The van der Waals surface area contributed by atoms with Crippen LogP contribution in [-0.4, -0.2) is 53.9 Å². The maximum absolute atomic E-state index is 13.0. The molecule has 148 valence electrons.